The fourth-order valence-corrected chi connectivity index (χ4v) is 1.65. The first kappa shape index (κ1) is 13.7. The van der Waals surface area contributed by atoms with Gasteiger partial charge in [-0.1, -0.05) is 13.8 Å². The van der Waals surface area contributed by atoms with Gasteiger partial charge in [0.15, 0.2) is 0 Å². The summed E-state index contributed by atoms with van der Waals surface area (Å²) < 4.78 is 1.65. The van der Waals surface area contributed by atoms with Gasteiger partial charge in [-0.2, -0.15) is 5.10 Å². The number of aryl methyl sites for hydroxylation is 1. The summed E-state index contributed by atoms with van der Waals surface area (Å²) in [4.78, 5) is 13.9. The topological polar surface area (TPSA) is 50.2 Å². The molecule has 1 rings (SSSR count). The molecule has 0 fully saturated rings. The van der Waals surface area contributed by atoms with Gasteiger partial charge in [-0.05, 0) is 25.6 Å². The molecule has 0 radical (unpaired) electrons. The molecule has 17 heavy (non-hydrogen) atoms. The van der Waals surface area contributed by atoms with Crippen LogP contribution < -0.4 is 5.32 Å². The van der Waals surface area contributed by atoms with Gasteiger partial charge in [0.2, 0.25) is 5.91 Å². The van der Waals surface area contributed by atoms with Crippen LogP contribution >= 0.6 is 0 Å². The standard InChI is InChI=1S/C12H22N4O/c1-4-15(5-2)7-6-13-12(17)10-16-9-11(3)8-14-16/h8-9H,4-7,10H2,1-3H3,(H,13,17). The van der Waals surface area contributed by atoms with Crippen molar-refractivity contribution in [2.75, 3.05) is 26.2 Å². The normalized spacial score (nSPS) is 10.8. The maximum absolute atomic E-state index is 11.6. The van der Waals surface area contributed by atoms with Gasteiger partial charge in [-0.3, -0.25) is 9.48 Å². The van der Waals surface area contributed by atoms with Crippen LogP contribution in [0.4, 0.5) is 0 Å². The Morgan fingerprint density at radius 3 is 2.71 bits per heavy atom. The number of carbonyl (C=O) groups is 1. The first-order chi connectivity index (χ1) is 8.15. The molecule has 0 aliphatic heterocycles. The van der Waals surface area contributed by atoms with Gasteiger partial charge in [0.1, 0.15) is 6.54 Å². The number of rotatable bonds is 7. The monoisotopic (exact) mass is 238 g/mol. The molecule has 0 saturated heterocycles. The number of likely N-dealkylation sites (N-methyl/N-ethyl adjacent to an activating group) is 1. The van der Waals surface area contributed by atoms with Gasteiger partial charge in [0, 0.05) is 19.3 Å². The molecule has 0 aliphatic rings. The van der Waals surface area contributed by atoms with Crippen molar-refractivity contribution in [3.8, 4) is 0 Å². The van der Waals surface area contributed by atoms with Crippen molar-refractivity contribution in [3.05, 3.63) is 18.0 Å². The number of nitrogens with zero attached hydrogens (tertiary/aromatic N) is 3. The van der Waals surface area contributed by atoms with E-state index >= 15 is 0 Å². The first-order valence-electron chi connectivity index (χ1n) is 6.13. The average molecular weight is 238 g/mol. The zero-order valence-electron chi connectivity index (χ0n) is 10.9. The lowest BCUT2D eigenvalue weighted by molar-refractivity contribution is -0.121. The maximum Gasteiger partial charge on any atom is 0.241 e. The van der Waals surface area contributed by atoms with E-state index in [0.29, 0.717) is 13.1 Å². The van der Waals surface area contributed by atoms with E-state index in [1.807, 2.05) is 13.1 Å². The highest BCUT2D eigenvalue weighted by Crippen LogP contribution is 1.93. The summed E-state index contributed by atoms with van der Waals surface area (Å²) in [5, 5.41) is 6.97. The Balaban J connectivity index is 2.21. The van der Waals surface area contributed by atoms with E-state index in [4.69, 9.17) is 0 Å². The molecule has 1 aromatic rings. The number of hydrogen-bond donors (Lipinski definition) is 1. The van der Waals surface area contributed by atoms with Crippen LogP contribution in [-0.2, 0) is 11.3 Å². The van der Waals surface area contributed by atoms with Gasteiger partial charge in [-0.25, -0.2) is 0 Å². The maximum atomic E-state index is 11.6. The van der Waals surface area contributed by atoms with Gasteiger partial charge in [0.05, 0.1) is 6.20 Å². The van der Waals surface area contributed by atoms with Gasteiger partial charge < -0.3 is 10.2 Å². The molecule has 5 nitrogen and oxygen atoms in total. The molecule has 0 aliphatic carbocycles. The first-order valence-corrected chi connectivity index (χ1v) is 6.13. The quantitative estimate of drug-likeness (QED) is 0.759. The van der Waals surface area contributed by atoms with Crippen LogP contribution in [0.3, 0.4) is 0 Å². The highest BCUT2D eigenvalue weighted by molar-refractivity contribution is 5.75. The molecule has 0 spiro atoms. The molecule has 0 aromatic carbocycles. The van der Waals surface area contributed by atoms with Gasteiger partial charge in [0.25, 0.3) is 0 Å². The average Bonchev–Trinajstić information content (AvgIpc) is 2.70. The minimum absolute atomic E-state index is 0.0141. The van der Waals surface area contributed by atoms with Crippen LogP contribution in [-0.4, -0.2) is 46.8 Å². The fraction of sp³-hybridized carbons (Fsp3) is 0.667. The second-order valence-electron chi connectivity index (χ2n) is 4.09. The largest absolute Gasteiger partial charge is 0.353 e. The molecule has 1 N–H and O–H groups in total. The van der Waals surface area contributed by atoms with Crippen molar-refractivity contribution < 1.29 is 4.79 Å². The zero-order chi connectivity index (χ0) is 12.7. The molecule has 0 unspecified atom stereocenters. The Morgan fingerprint density at radius 1 is 1.47 bits per heavy atom. The summed E-state index contributed by atoms with van der Waals surface area (Å²) in [6.07, 6.45) is 3.62. The molecule has 1 heterocycles. The van der Waals surface area contributed by atoms with Crippen LogP contribution in [0.15, 0.2) is 12.4 Å². The third kappa shape index (κ3) is 4.99. The molecule has 0 atom stereocenters. The van der Waals surface area contributed by atoms with Crippen molar-refractivity contribution in [1.82, 2.24) is 20.0 Å². The molecule has 96 valence electrons. The van der Waals surface area contributed by atoms with Gasteiger partial charge >= 0.3 is 0 Å². The summed E-state index contributed by atoms with van der Waals surface area (Å²) in [5.74, 6) is 0.0141. The smallest absolute Gasteiger partial charge is 0.241 e. The second kappa shape index (κ2) is 7.06. The number of amides is 1. The number of nitrogens with one attached hydrogen (secondary N) is 1. The third-order valence-electron chi connectivity index (χ3n) is 2.71. The Morgan fingerprint density at radius 2 is 2.18 bits per heavy atom. The Kier molecular flexibility index (Phi) is 5.69. The minimum atomic E-state index is 0.0141. The van der Waals surface area contributed by atoms with E-state index in [1.54, 1.807) is 10.9 Å². The summed E-state index contributed by atoms with van der Waals surface area (Å²) in [5.41, 5.74) is 1.07. The van der Waals surface area contributed by atoms with Crippen molar-refractivity contribution in [2.24, 2.45) is 0 Å². The molecule has 1 amide bonds. The predicted octanol–water partition coefficient (Wildman–Crippen LogP) is 0.650. The Hall–Kier alpha value is -1.36. The molecule has 5 heteroatoms. The summed E-state index contributed by atoms with van der Waals surface area (Å²) in [7, 11) is 0. The fourth-order valence-electron chi connectivity index (χ4n) is 1.65. The predicted molar refractivity (Wildman–Crippen MR) is 67.8 cm³/mol. The lowest BCUT2D eigenvalue weighted by atomic mass is 10.4. The zero-order valence-corrected chi connectivity index (χ0v) is 10.9. The van der Waals surface area contributed by atoms with E-state index in [1.165, 1.54) is 0 Å². The van der Waals surface area contributed by atoms with Crippen molar-refractivity contribution >= 4 is 5.91 Å². The molecule has 0 bridgehead atoms. The van der Waals surface area contributed by atoms with E-state index in [-0.39, 0.29) is 5.91 Å². The number of aromatic nitrogens is 2. The van der Waals surface area contributed by atoms with Crippen LogP contribution in [0.1, 0.15) is 19.4 Å². The van der Waals surface area contributed by atoms with Crippen molar-refractivity contribution in [1.29, 1.82) is 0 Å². The Labute approximate surface area is 103 Å². The summed E-state index contributed by atoms with van der Waals surface area (Å²) in [6.45, 7) is 10.1. The van der Waals surface area contributed by atoms with E-state index in [2.05, 4.69) is 29.2 Å². The minimum Gasteiger partial charge on any atom is -0.353 e. The molecule has 0 saturated carbocycles. The summed E-state index contributed by atoms with van der Waals surface area (Å²) in [6, 6.07) is 0. The Bertz CT molecular complexity index is 344. The third-order valence-corrected chi connectivity index (χ3v) is 2.71. The van der Waals surface area contributed by atoms with Crippen molar-refractivity contribution in [3.63, 3.8) is 0 Å². The van der Waals surface area contributed by atoms with E-state index < -0.39 is 0 Å². The van der Waals surface area contributed by atoms with Crippen LogP contribution in [0, 0.1) is 6.92 Å². The van der Waals surface area contributed by atoms with Crippen LogP contribution in [0.25, 0.3) is 0 Å². The molecular weight excluding hydrogens is 216 g/mol. The highest BCUT2D eigenvalue weighted by Gasteiger charge is 2.04. The van der Waals surface area contributed by atoms with Gasteiger partial charge in [-0.15, -0.1) is 0 Å². The number of hydrogen-bond acceptors (Lipinski definition) is 3. The lowest BCUT2D eigenvalue weighted by Gasteiger charge is -2.17. The summed E-state index contributed by atoms with van der Waals surface area (Å²) >= 11 is 0. The number of carbonyl (C=O) groups excluding carboxylic acids is 1. The highest BCUT2D eigenvalue weighted by atomic mass is 16.2. The van der Waals surface area contributed by atoms with Crippen LogP contribution in [0.2, 0.25) is 0 Å². The molecule has 1 aromatic heterocycles. The van der Waals surface area contributed by atoms with E-state index in [0.717, 1.165) is 25.2 Å². The second-order valence-corrected chi connectivity index (χ2v) is 4.09. The van der Waals surface area contributed by atoms with Crippen LogP contribution in [0.5, 0.6) is 0 Å². The molecular formula is C12H22N4O. The van der Waals surface area contributed by atoms with E-state index in [9.17, 15) is 4.79 Å². The van der Waals surface area contributed by atoms with Crippen molar-refractivity contribution in [2.45, 2.75) is 27.3 Å². The SMILES string of the molecule is CCN(CC)CCNC(=O)Cn1cc(C)cn1. The lowest BCUT2D eigenvalue weighted by Crippen LogP contribution is -2.36.